The maximum Gasteiger partial charge on any atom is 0.472 e. The highest BCUT2D eigenvalue weighted by Crippen LogP contribution is 2.64. The highest BCUT2D eigenvalue weighted by Gasteiger charge is 2.55. The zero-order chi connectivity index (χ0) is 41.6. The molecule has 10 atom stereocenters. The second-order valence-corrected chi connectivity index (χ2v) is 18.6. The number of carbonyl (C=O) groups is 1. The first kappa shape index (κ1) is 40.9. The molecule has 0 saturated carbocycles. The monoisotopic (exact) mass is 881 g/mol. The SMILES string of the molecule is Nc1ncnc2c1ncn2[C@@H]1O[C@@H]2CO[P@](=O)(SCc3ccc(OC(=O)c4ccc(O)cc4)cc3)OC3[C@@H](F)[C@H](n4ccc(=O)[nH]c4=O)O[C@@H]3COP(=O)(O)O[C@@H]1[C@@H]2F. The van der Waals surface area contributed by atoms with E-state index in [1.54, 1.807) is 0 Å². The van der Waals surface area contributed by atoms with Crippen molar-refractivity contribution < 1.29 is 65.0 Å². The first-order valence-corrected chi connectivity index (χ1v) is 22.0. The zero-order valence-electron chi connectivity index (χ0n) is 29.8. The summed E-state index contributed by atoms with van der Waals surface area (Å²) in [4.78, 5) is 61.8. The number of nitrogens with zero attached hydrogens (tertiary/aromatic N) is 5. The molecule has 312 valence electrons. The Morgan fingerprint density at radius 2 is 1.64 bits per heavy atom. The third-order valence-corrected chi connectivity index (χ3v) is 13.9. The summed E-state index contributed by atoms with van der Waals surface area (Å²) in [5.41, 5.74) is 4.84. The number of ether oxygens (including phenoxy) is 3. The number of fused-ring (bicyclic) bond motifs is 4. The van der Waals surface area contributed by atoms with Crippen molar-refractivity contribution in [3.8, 4) is 11.5 Å². The molecule has 2 aromatic carbocycles. The second kappa shape index (κ2) is 16.3. The van der Waals surface area contributed by atoms with Crippen LogP contribution in [-0.4, -0.2) is 95.0 Å². The number of nitrogens with one attached hydrogen (secondary N) is 1. The average Bonchev–Trinajstić information content (AvgIpc) is 3.86. The lowest BCUT2D eigenvalue weighted by Gasteiger charge is -2.27. The number of benzene rings is 2. The number of nitrogens with two attached hydrogens (primary N) is 1. The van der Waals surface area contributed by atoms with Crippen molar-refractivity contribution in [2.75, 3.05) is 18.9 Å². The number of hydrogen-bond acceptors (Lipinski definition) is 18. The summed E-state index contributed by atoms with van der Waals surface area (Å²) in [6.07, 6.45) is -11.9. The number of nitrogen functional groups attached to an aromatic ring is 1. The fraction of sp³-hybridized carbons (Fsp3) is 0.333. The number of hydrogen-bond donors (Lipinski definition) is 4. The van der Waals surface area contributed by atoms with Crippen LogP contribution in [0, 0.1) is 0 Å². The normalized spacial score (nSPS) is 31.2. The highest BCUT2D eigenvalue weighted by molar-refractivity contribution is 8.54. The van der Waals surface area contributed by atoms with E-state index in [2.05, 4.69) is 15.0 Å². The van der Waals surface area contributed by atoms with Gasteiger partial charge in [0, 0.05) is 18.0 Å². The van der Waals surface area contributed by atoms with Crippen molar-refractivity contribution in [3.63, 3.8) is 0 Å². The number of imidazole rings is 1. The Morgan fingerprint density at radius 3 is 2.39 bits per heavy atom. The minimum atomic E-state index is -5.28. The van der Waals surface area contributed by atoms with E-state index in [4.69, 9.17) is 38.0 Å². The molecule has 5 N–H and O–H groups in total. The van der Waals surface area contributed by atoms with E-state index < -0.39 is 94.3 Å². The minimum Gasteiger partial charge on any atom is -0.508 e. The van der Waals surface area contributed by atoms with Crippen molar-refractivity contribution in [2.24, 2.45) is 0 Å². The molecule has 3 saturated heterocycles. The molecule has 26 heteroatoms. The van der Waals surface area contributed by atoms with Gasteiger partial charge in [-0.15, -0.1) is 0 Å². The molecule has 2 bridgehead atoms. The van der Waals surface area contributed by atoms with Gasteiger partial charge in [0.1, 0.15) is 47.8 Å². The molecule has 0 radical (unpaired) electrons. The van der Waals surface area contributed by atoms with Gasteiger partial charge in [-0.05, 0) is 53.3 Å². The van der Waals surface area contributed by atoms with Gasteiger partial charge in [-0.3, -0.25) is 37.0 Å². The predicted octanol–water partition coefficient (Wildman–Crippen LogP) is 3.31. The van der Waals surface area contributed by atoms with Gasteiger partial charge in [0.05, 0.1) is 25.1 Å². The number of aromatic hydroxyl groups is 1. The number of aromatic nitrogens is 6. The molecule has 3 aliphatic rings. The Bertz CT molecular complexity index is 2590. The molecule has 2 unspecified atom stereocenters. The van der Waals surface area contributed by atoms with E-state index in [0.29, 0.717) is 21.5 Å². The quantitative estimate of drug-likeness (QED) is 0.104. The second-order valence-electron chi connectivity index (χ2n) is 13.1. The number of anilines is 1. The number of H-pyrrole nitrogens is 1. The molecule has 21 nitrogen and oxygen atoms in total. The van der Waals surface area contributed by atoms with Crippen LogP contribution in [0.25, 0.3) is 11.2 Å². The molecule has 3 fully saturated rings. The van der Waals surface area contributed by atoms with Gasteiger partial charge >= 0.3 is 26.3 Å². The largest absolute Gasteiger partial charge is 0.508 e. The molecular weight excluding hydrogens is 850 g/mol. The van der Waals surface area contributed by atoms with Crippen LogP contribution in [0.3, 0.4) is 0 Å². The van der Waals surface area contributed by atoms with E-state index in [0.717, 1.165) is 18.6 Å². The van der Waals surface area contributed by atoms with Gasteiger partial charge in [0.15, 0.2) is 36.3 Å². The number of halogens is 2. The third kappa shape index (κ3) is 8.59. The number of aromatic amines is 1. The molecule has 0 amide bonds. The van der Waals surface area contributed by atoms with Gasteiger partial charge in [-0.2, -0.15) is 0 Å². The fourth-order valence-electron chi connectivity index (χ4n) is 6.36. The molecule has 0 spiro atoms. The number of phenolic OH excluding ortho intramolecular Hbond substituents is 1. The lowest BCUT2D eigenvalue weighted by Crippen LogP contribution is -2.36. The number of phosphoric ester groups is 1. The standard InChI is InChI=1S/C33H31F2N7O14P2S/c34-23-20-11-51-58(49,59-13-16-1-7-19(8-2-16)52-32(45)17-3-5-18(43)6-4-17)56-26-21(54-30(24(26)35)41-10-9-22(44)40-33(41)46)12-50-57(47,48)55-27(23)31(53-20)42-15-39-25-28(36)37-14-38-29(25)42/h1-10,14-15,20-21,23-24,26-27,30-31,43H,11-13H2,(H,47,48)(H2,36,37,38)(H,40,44,46)/t20-,21-,23-,24-,26?,27-,30-,31-,58+/m1/s1. The number of esters is 1. The lowest BCUT2D eigenvalue weighted by molar-refractivity contribution is -0.0640. The van der Waals surface area contributed by atoms with Crippen LogP contribution in [0.1, 0.15) is 28.4 Å². The Balaban J connectivity index is 1.08. The van der Waals surface area contributed by atoms with Crippen molar-refractivity contribution in [1.29, 1.82) is 0 Å². The highest BCUT2D eigenvalue weighted by atomic mass is 32.7. The van der Waals surface area contributed by atoms with Crippen molar-refractivity contribution in [2.45, 2.75) is 55.0 Å². The van der Waals surface area contributed by atoms with Gasteiger partial charge in [0.25, 0.3) is 5.56 Å². The first-order valence-electron chi connectivity index (χ1n) is 17.3. The summed E-state index contributed by atoms with van der Waals surface area (Å²) >= 11 is 0.550. The third-order valence-electron chi connectivity index (χ3n) is 9.25. The zero-order valence-corrected chi connectivity index (χ0v) is 32.4. The Kier molecular flexibility index (Phi) is 11.3. The molecule has 59 heavy (non-hydrogen) atoms. The van der Waals surface area contributed by atoms with Crippen LogP contribution < -0.4 is 21.7 Å². The fourth-order valence-corrected chi connectivity index (χ4v) is 10.7. The van der Waals surface area contributed by atoms with Gasteiger partial charge in [-0.25, -0.2) is 42.5 Å². The average molecular weight is 882 g/mol. The lowest BCUT2D eigenvalue weighted by atomic mass is 10.1. The molecule has 5 aromatic rings. The Morgan fingerprint density at radius 1 is 0.915 bits per heavy atom. The summed E-state index contributed by atoms with van der Waals surface area (Å²) in [5, 5.41) is 9.49. The summed E-state index contributed by atoms with van der Waals surface area (Å²) in [6.45, 7) is -6.50. The predicted molar refractivity (Wildman–Crippen MR) is 199 cm³/mol. The summed E-state index contributed by atoms with van der Waals surface area (Å²) in [5.74, 6) is -0.767. The van der Waals surface area contributed by atoms with Crippen LogP contribution >= 0.6 is 26.0 Å². The van der Waals surface area contributed by atoms with Crippen LogP contribution in [-0.2, 0) is 42.5 Å². The number of phosphoric acid groups is 1. The molecular formula is C33H31F2N7O14P2S. The maximum atomic E-state index is 16.4. The number of phenols is 1. The smallest absolute Gasteiger partial charge is 0.472 e. The number of alkyl halides is 2. The first-order chi connectivity index (χ1) is 28.2. The van der Waals surface area contributed by atoms with E-state index in [-0.39, 0.29) is 39.8 Å². The van der Waals surface area contributed by atoms with Crippen LogP contribution in [0.2, 0.25) is 0 Å². The van der Waals surface area contributed by atoms with E-state index in [1.807, 2.05) is 4.98 Å². The van der Waals surface area contributed by atoms with Crippen LogP contribution in [0.5, 0.6) is 11.5 Å². The molecule has 3 aromatic heterocycles. The van der Waals surface area contributed by atoms with Crippen LogP contribution in [0.4, 0.5) is 14.6 Å². The number of rotatable bonds is 7. The molecule has 6 heterocycles. The van der Waals surface area contributed by atoms with E-state index in [1.165, 1.54) is 59.4 Å². The Labute approximate surface area is 333 Å². The molecule has 3 aliphatic heterocycles. The number of carbonyl (C=O) groups excluding carboxylic acids is 1. The minimum absolute atomic E-state index is 0.0289. The van der Waals surface area contributed by atoms with E-state index >= 15 is 8.78 Å². The Hall–Kier alpha value is -4.87. The molecule has 0 aliphatic carbocycles. The maximum absolute atomic E-state index is 16.4. The van der Waals surface area contributed by atoms with Gasteiger partial charge in [0.2, 0.25) is 0 Å². The van der Waals surface area contributed by atoms with Crippen molar-refractivity contribution in [1.82, 2.24) is 29.1 Å². The van der Waals surface area contributed by atoms with Crippen molar-refractivity contribution >= 4 is 49.0 Å². The topological polar surface area (TPSA) is 281 Å². The van der Waals surface area contributed by atoms with E-state index in [9.17, 15) is 33.5 Å². The van der Waals surface area contributed by atoms with Gasteiger partial charge in [-0.1, -0.05) is 12.1 Å². The van der Waals surface area contributed by atoms with Crippen molar-refractivity contribution in [3.05, 3.63) is 105 Å². The molecule has 8 rings (SSSR count). The van der Waals surface area contributed by atoms with Gasteiger partial charge < -0.3 is 29.9 Å². The summed E-state index contributed by atoms with van der Waals surface area (Å²) in [7, 11) is -5.28. The summed E-state index contributed by atoms with van der Waals surface area (Å²) in [6, 6.07) is 12.3. The van der Waals surface area contributed by atoms with Crippen LogP contribution in [0.15, 0.2) is 83.0 Å². The summed E-state index contributed by atoms with van der Waals surface area (Å²) < 4.78 is 102.